The van der Waals surface area contributed by atoms with Crippen LogP contribution in [0.3, 0.4) is 0 Å². The molecule has 21 heavy (non-hydrogen) atoms. The first-order chi connectivity index (χ1) is 9.62. The third-order valence-electron chi connectivity index (χ3n) is 2.98. The number of ether oxygens (including phenoxy) is 1. The predicted octanol–water partition coefficient (Wildman–Crippen LogP) is 3.29. The van der Waals surface area contributed by atoms with Crippen molar-refractivity contribution >= 4 is 25.7 Å². The van der Waals surface area contributed by atoms with Crippen LogP contribution in [0.4, 0.5) is 0 Å². The molecule has 0 radical (unpaired) electrons. The number of hydrogen-bond donors (Lipinski definition) is 1. The molecule has 0 saturated carbocycles. The largest absolute Gasteiger partial charge is 0.493 e. The Bertz CT molecular complexity index is 622. The van der Waals surface area contributed by atoms with Gasteiger partial charge in [-0.25, -0.2) is 8.42 Å². The quantitative estimate of drug-likeness (QED) is 0.611. The highest BCUT2D eigenvalue weighted by atomic mass is 35.7. The highest BCUT2D eigenvalue weighted by Gasteiger charge is 2.19. The molecule has 0 aliphatic heterocycles. The lowest BCUT2D eigenvalue weighted by Gasteiger charge is -2.16. The number of rotatable bonds is 7. The Balaban J connectivity index is 3.04. The van der Waals surface area contributed by atoms with Gasteiger partial charge >= 0.3 is 5.97 Å². The normalized spacial score (nSPS) is 11.7. The van der Waals surface area contributed by atoms with Crippen LogP contribution in [-0.4, -0.2) is 26.1 Å². The van der Waals surface area contributed by atoms with E-state index in [1.165, 1.54) is 6.07 Å². The molecule has 1 aromatic rings. The van der Waals surface area contributed by atoms with Crippen molar-refractivity contribution in [2.75, 3.05) is 6.61 Å². The highest BCUT2D eigenvalue weighted by molar-refractivity contribution is 8.13. The molecular formula is C14H19ClO5S. The SMILES string of the molecule is Cc1cc(OCCCC(=O)O)c(C(C)C)cc1S(=O)(=O)Cl. The van der Waals surface area contributed by atoms with Crippen LogP contribution in [-0.2, 0) is 13.8 Å². The molecule has 0 amide bonds. The van der Waals surface area contributed by atoms with E-state index in [1.54, 1.807) is 13.0 Å². The topological polar surface area (TPSA) is 80.7 Å². The number of hydrogen-bond acceptors (Lipinski definition) is 4. The zero-order valence-electron chi connectivity index (χ0n) is 12.2. The Hall–Kier alpha value is -1.27. The molecule has 0 atom stereocenters. The molecule has 0 spiro atoms. The van der Waals surface area contributed by atoms with E-state index in [-0.39, 0.29) is 23.8 Å². The van der Waals surface area contributed by atoms with Crippen molar-refractivity contribution in [2.45, 2.75) is 44.4 Å². The van der Waals surface area contributed by atoms with E-state index in [2.05, 4.69) is 0 Å². The van der Waals surface area contributed by atoms with E-state index in [0.717, 1.165) is 5.56 Å². The Labute approximate surface area is 129 Å². The van der Waals surface area contributed by atoms with Crippen molar-refractivity contribution in [3.05, 3.63) is 23.3 Å². The molecule has 7 heteroatoms. The summed E-state index contributed by atoms with van der Waals surface area (Å²) < 4.78 is 28.7. The Morgan fingerprint density at radius 2 is 2.00 bits per heavy atom. The molecule has 0 aromatic heterocycles. The number of halogens is 1. The highest BCUT2D eigenvalue weighted by Crippen LogP contribution is 2.33. The van der Waals surface area contributed by atoms with E-state index < -0.39 is 15.0 Å². The van der Waals surface area contributed by atoms with Gasteiger partial charge in [-0.05, 0) is 42.5 Å². The third kappa shape index (κ3) is 5.21. The molecule has 0 bridgehead atoms. The Morgan fingerprint density at radius 1 is 1.38 bits per heavy atom. The number of aliphatic carboxylic acids is 1. The molecule has 5 nitrogen and oxygen atoms in total. The van der Waals surface area contributed by atoms with Crippen LogP contribution in [0, 0.1) is 6.92 Å². The van der Waals surface area contributed by atoms with Gasteiger partial charge in [0.25, 0.3) is 9.05 Å². The van der Waals surface area contributed by atoms with Crippen molar-refractivity contribution in [1.29, 1.82) is 0 Å². The number of aryl methyl sites for hydroxylation is 1. The summed E-state index contributed by atoms with van der Waals surface area (Å²) in [7, 11) is 1.62. The zero-order valence-corrected chi connectivity index (χ0v) is 13.8. The predicted molar refractivity (Wildman–Crippen MR) is 80.7 cm³/mol. The molecule has 0 aliphatic carbocycles. The molecule has 0 aliphatic rings. The standard InChI is InChI=1S/C14H19ClO5S/c1-9(2)11-8-13(21(15,18)19)10(3)7-12(11)20-6-4-5-14(16)17/h7-9H,4-6H2,1-3H3,(H,16,17). The number of carbonyl (C=O) groups is 1. The molecule has 1 rings (SSSR count). The molecule has 0 unspecified atom stereocenters. The van der Waals surface area contributed by atoms with Gasteiger partial charge in [0.2, 0.25) is 0 Å². The van der Waals surface area contributed by atoms with Gasteiger partial charge in [0.15, 0.2) is 0 Å². The Morgan fingerprint density at radius 3 is 2.48 bits per heavy atom. The third-order valence-corrected chi connectivity index (χ3v) is 4.45. The van der Waals surface area contributed by atoms with Crippen molar-refractivity contribution in [3.8, 4) is 5.75 Å². The summed E-state index contributed by atoms with van der Waals surface area (Å²) in [6.07, 6.45) is 0.422. The van der Waals surface area contributed by atoms with E-state index in [1.807, 2.05) is 13.8 Å². The van der Waals surface area contributed by atoms with Gasteiger partial charge in [-0.15, -0.1) is 0 Å². The number of carboxylic acid groups (broad SMARTS) is 1. The van der Waals surface area contributed by atoms with Gasteiger partial charge in [-0.2, -0.15) is 0 Å². The van der Waals surface area contributed by atoms with E-state index >= 15 is 0 Å². The molecule has 1 aromatic carbocycles. The smallest absolute Gasteiger partial charge is 0.303 e. The van der Waals surface area contributed by atoms with Gasteiger partial charge < -0.3 is 9.84 Å². The van der Waals surface area contributed by atoms with Gasteiger partial charge in [0, 0.05) is 17.1 Å². The maximum Gasteiger partial charge on any atom is 0.303 e. The fourth-order valence-electron chi connectivity index (χ4n) is 1.92. The summed E-state index contributed by atoms with van der Waals surface area (Å²) in [6.45, 7) is 5.74. The number of benzene rings is 1. The van der Waals surface area contributed by atoms with Crippen molar-refractivity contribution in [2.24, 2.45) is 0 Å². The first-order valence-corrected chi connectivity index (χ1v) is 8.87. The fourth-order valence-corrected chi connectivity index (χ4v) is 3.13. The summed E-state index contributed by atoms with van der Waals surface area (Å²) >= 11 is 0. The minimum Gasteiger partial charge on any atom is -0.493 e. The van der Waals surface area contributed by atoms with Crippen molar-refractivity contribution < 1.29 is 23.1 Å². The van der Waals surface area contributed by atoms with Crippen LogP contribution in [0.25, 0.3) is 0 Å². The maximum atomic E-state index is 11.5. The lowest BCUT2D eigenvalue weighted by molar-refractivity contribution is -0.137. The summed E-state index contributed by atoms with van der Waals surface area (Å²) in [5, 5.41) is 8.59. The maximum absolute atomic E-state index is 11.5. The lowest BCUT2D eigenvalue weighted by Crippen LogP contribution is -2.06. The first-order valence-electron chi connectivity index (χ1n) is 6.56. The van der Waals surface area contributed by atoms with Crippen LogP contribution in [0.15, 0.2) is 17.0 Å². The molecule has 118 valence electrons. The lowest BCUT2D eigenvalue weighted by atomic mass is 10.0. The van der Waals surface area contributed by atoms with Gasteiger partial charge in [-0.1, -0.05) is 13.8 Å². The molecule has 0 fully saturated rings. The van der Waals surface area contributed by atoms with Crippen LogP contribution in [0.2, 0.25) is 0 Å². The van der Waals surface area contributed by atoms with Crippen molar-refractivity contribution in [3.63, 3.8) is 0 Å². The summed E-state index contributed by atoms with van der Waals surface area (Å²) in [5.41, 5.74) is 1.23. The number of carboxylic acids is 1. The second-order valence-electron chi connectivity index (χ2n) is 5.09. The van der Waals surface area contributed by atoms with Crippen LogP contribution in [0.5, 0.6) is 5.75 Å². The van der Waals surface area contributed by atoms with E-state index in [4.69, 9.17) is 20.5 Å². The molecular weight excluding hydrogens is 316 g/mol. The minimum atomic E-state index is -3.80. The molecule has 0 heterocycles. The fraction of sp³-hybridized carbons (Fsp3) is 0.500. The van der Waals surface area contributed by atoms with Gasteiger partial charge in [-0.3, -0.25) is 4.79 Å². The zero-order chi connectivity index (χ0) is 16.2. The molecule has 1 N–H and O–H groups in total. The van der Waals surface area contributed by atoms with E-state index in [0.29, 0.717) is 17.7 Å². The summed E-state index contributed by atoms with van der Waals surface area (Å²) in [4.78, 5) is 10.5. The summed E-state index contributed by atoms with van der Waals surface area (Å²) in [5.74, 6) is -0.253. The van der Waals surface area contributed by atoms with Gasteiger partial charge in [0.1, 0.15) is 5.75 Å². The van der Waals surface area contributed by atoms with Crippen molar-refractivity contribution in [1.82, 2.24) is 0 Å². The van der Waals surface area contributed by atoms with Gasteiger partial charge in [0.05, 0.1) is 11.5 Å². The average molecular weight is 335 g/mol. The second-order valence-corrected chi connectivity index (χ2v) is 7.63. The van der Waals surface area contributed by atoms with Crippen LogP contribution >= 0.6 is 10.7 Å². The monoisotopic (exact) mass is 334 g/mol. The van der Waals surface area contributed by atoms with Crippen LogP contribution < -0.4 is 4.74 Å². The Kier molecular flexibility index (Phi) is 6.04. The first kappa shape index (κ1) is 17.8. The second kappa shape index (κ2) is 7.13. The molecule has 0 saturated heterocycles. The summed E-state index contributed by atoms with van der Waals surface area (Å²) in [6, 6.07) is 3.15. The van der Waals surface area contributed by atoms with E-state index in [9.17, 15) is 13.2 Å². The van der Waals surface area contributed by atoms with Crippen LogP contribution in [0.1, 0.15) is 43.7 Å². The minimum absolute atomic E-state index is 0.0319. The average Bonchev–Trinajstić information content (AvgIpc) is 2.32.